The van der Waals surface area contributed by atoms with Crippen LogP contribution in [-0.2, 0) is 14.9 Å². The fourth-order valence-corrected chi connectivity index (χ4v) is 2.68. The van der Waals surface area contributed by atoms with Gasteiger partial charge in [0.2, 0.25) is 0 Å². The van der Waals surface area contributed by atoms with E-state index in [1.807, 2.05) is 19.1 Å². The Hall–Kier alpha value is -1.51. The van der Waals surface area contributed by atoms with E-state index < -0.39 is 0 Å². The lowest BCUT2D eigenvalue weighted by Crippen LogP contribution is -2.43. The van der Waals surface area contributed by atoms with Crippen LogP contribution in [0.2, 0.25) is 0 Å². The molecule has 3 heteroatoms. The molecular weight excluding hydrogens is 228 g/mol. The minimum absolute atomic E-state index is 0.0523. The van der Waals surface area contributed by atoms with Gasteiger partial charge in [-0.3, -0.25) is 4.79 Å². The third-order valence-electron chi connectivity index (χ3n) is 3.80. The van der Waals surface area contributed by atoms with E-state index in [1.165, 1.54) is 5.56 Å². The van der Waals surface area contributed by atoms with Gasteiger partial charge in [0.15, 0.2) is 0 Å². The smallest absolute Gasteiger partial charge is 0.308 e. The highest BCUT2D eigenvalue weighted by molar-refractivity contribution is 5.74. The van der Waals surface area contributed by atoms with Crippen molar-refractivity contribution in [3.05, 3.63) is 29.8 Å². The number of carbonyl (C=O) groups excluding carboxylic acids is 1. The maximum atomic E-state index is 11.6. The van der Waals surface area contributed by atoms with E-state index in [4.69, 9.17) is 9.47 Å². The van der Waals surface area contributed by atoms with Crippen LogP contribution in [0.4, 0.5) is 0 Å². The highest BCUT2D eigenvalue weighted by Gasteiger charge is 2.45. The van der Waals surface area contributed by atoms with E-state index in [0.29, 0.717) is 6.61 Å². The molecule has 0 saturated heterocycles. The van der Waals surface area contributed by atoms with Gasteiger partial charge in [0.05, 0.1) is 19.6 Å². The lowest BCUT2D eigenvalue weighted by molar-refractivity contribution is -0.153. The van der Waals surface area contributed by atoms with E-state index in [2.05, 4.69) is 19.1 Å². The van der Waals surface area contributed by atoms with Crippen LogP contribution in [-0.4, -0.2) is 19.7 Å². The van der Waals surface area contributed by atoms with Crippen molar-refractivity contribution in [2.45, 2.75) is 32.1 Å². The fraction of sp³-hybridized carbons (Fsp3) is 0.533. The van der Waals surface area contributed by atoms with Gasteiger partial charge in [-0.25, -0.2) is 0 Å². The average Bonchev–Trinajstić information content (AvgIpc) is 2.35. The Balaban J connectivity index is 2.00. The molecule has 1 aliphatic carbocycles. The molecule has 18 heavy (non-hydrogen) atoms. The number of methoxy groups -OCH3 is 1. The summed E-state index contributed by atoms with van der Waals surface area (Å²) < 4.78 is 10.2. The Morgan fingerprint density at radius 2 is 1.94 bits per heavy atom. The molecule has 3 nitrogen and oxygen atoms in total. The zero-order valence-corrected chi connectivity index (χ0v) is 11.2. The van der Waals surface area contributed by atoms with Crippen LogP contribution in [0.5, 0.6) is 5.75 Å². The summed E-state index contributed by atoms with van der Waals surface area (Å²) in [5.74, 6) is 0.879. The van der Waals surface area contributed by atoms with Gasteiger partial charge in [-0.2, -0.15) is 0 Å². The van der Waals surface area contributed by atoms with E-state index in [9.17, 15) is 4.79 Å². The molecule has 1 aromatic carbocycles. The summed E-state index contributed by atoms with van der Waals surface area (Å²) in [6.07, 6.45) is 1.75. The largest absolute Gasteiger partial charge is 0.497 e. The van der Waals surface area contributed by atoms with Crippen molar-refractivity contribution in [3.8, 4) is 5.75 Å². The molecule has 1 aromatic rings. The molecule has 0 amide bonds. The Morgan fingerprint density at radius 1 is 1.33 bits per heavy atom. The molecule has 1 saturated carbocycles. The second-order valence-corrected chi connectivity index (χ2v) is 5.15. The molecule has 0 radical (unpaired) electrons. The van der Waals surface area contributed by atoms with Gasteiger partial charge in [-0.15, -0.1) is 0 Å². The first kappa shape index (κ1) is 12.9. The fourth-order valence-electron chi connectivity index (χ4n) is 2.68. The number of hydrogen-bond donors (Lipinski definition) is 0. The molecule has 0 aliphatic heterocycles. The Morgan fingerprint density at radius 3 is 2.44 bits per heavy atom. The predicted molar refractivity (Wildman–Crippen MR) is 69.7 cm³/mol. The summed E-state index contributed by atoms with van der Waals surface area (Å²) in [6.45, 7) is 4.51. The molecule has 1 aliphatic rings. The SMILES string of the molecule is CCOC(=O)C1CC(C)(c2ccc(OC)cc2)C1. The van der Waals surface area contributed by atoms with E-state index in [1.54, 1.807) is 7.11 Å². The van der Waals surface area contributed by atoms with Gasteiger partial charge >= 0.3 is 5.97 Å². The summed E-state index contributed by atoms with van der Waals surface area (Å²) in [6, 6.07) is 8.11. The first-order valence-corrected chi connectivity index (χ1v) is 6.40. The summed E-state index contributed by atoms with van der Waals surface area (Å²) >= 11 is 0. The summed E-state index contributed by atoms with van der Waals surface area (Å²) in [5, 5.41) is 0. The van der Waals surface area contributed by atoms with E-state index in [-0.39, 0.29) is 17.3 Å². The number of benzene rings is 1. The first-order chi connectivity index (χ1) is 8.59. The number of ether oxygens (including phenoxy) is 2. The molecule has 0 unspecified atom stereocenters. The molecule has 1 fully saturated rings. The summed E-state index contributed by atoms with van der Waals surface area (Å²) in [5.41, 5.74) is 1.37. The first-order valence-electron chi connectivity index (χ1n) is 6.40. The molecule has 0 atom stereocenters. The van der Waals surface area contributed by atoms with Gasteiger partial charge in [0.25, 0.3) is 0 Å². The molecule has 0 heterocycles. The maximum absolute atomic E-state index is 11.6. The van der Waals surface area contributed by atoms with Crippen LogP contribution in [0.25, 0.3) is 0 Å². The second-order valence-electron chi connectivity index (χ2n) is 5.15. The van der Waals surface area contributed by atoms with Crippen LogP contribution in [0.3, 0.4) is 0 Å². The van der Waals surface area contributed by atoms with Crippen molar-refractivity contribution in [1.82, 2.24) is 0 Å². The van der Waals surface area contributed by atoms with Crippen molar-refractivity contribution in [2.24, 2.45) is 5.92 Å². The van der Waals surface area contributed by atoms with Crippen LogP contribution in [0.1, 0.15) is 32.3 Å². The maximum Gasteiger partial charge on any atom is 0.308 e. The molecule has 0 N–H and O–H groups in total. The molecule has 0 bridgehead atoms. The third kappa shape index (κ3) is 2.35. The molecule has 0 aromatic heterocycles. The summed E-state index contributed by atoms with van der Waals surface area (Å²) in [4.78, 5) is 11.6. The predicted octanol–water partition coefficient (Wildman–Crippen LogP) is 2.93. The monoisotopic (exact) mass is 248 g/mol. The standard InChI is InChI=1S/C15H20O3/c1-4-18-14(16)11-9-15(2,10-11)12-5-7-13(17-3)8-6-12/h5-8,11H,4,9-10H2,1-3H3. The third-order valence-corrected chi connectivity index (χ3v) is 3.80. The molecule has 2 rings (SSSR count). The minimum atomic E-state index is -0.0523. The van der Waals surface area contributed by atoms with Crippen molar-refractivity contribution >= 4 is 5.97 Å². The number of carbonyl (C=O) groups is 1. The highest BCUT2D eigenvalue weighted by Crippen LogP contribution is 2.48. The van der Waals surface area contributed by atoms with Gasteiger partial charge < -0.3 is 9.47 Å². The second kappa shape index (κ2) is 5.01. The van der Waals surface area contributed by atoms with E-state index in [0.717, 1.165) is 18.6 Å². The van der Waals surface area contributed by atoms with Crippen molar-refractivity contribution in [1.29, 1.82) is 0 Å². The zero-order chi connectivity index (χ0) is 13.2. The van der Waals surface area contributed by atoms with Crippen LogP contribution in [0, 0.1) is 5.92 Å². The Kier molecular flexibility index (Phi) is 3.60. The van der Waals surface area contributed by atoms with Crippen molar-refractivity contribution < 1.29 is 14.3 Å². The van der Waals surface area contributed by atoms with Gasteiger partial charge in [0, 0.05) is 0 Å². The molecule has 98 valence electrons. The number of rotatable bonds is 4. The molecule has 0 spiro atoms. The van der Waals surface area contributed by atoms with Crippen LogP contribution >= 0.6 is 0 Å². The average molecular weight is 248 g/mol. The van der Waals surface area contributed by atoms with Crippen LogP contribution < -0.4 is 4.74 Å². The minimum Gasteiger partial charge on any atom is -0.497 e. The van der Waals surface area contributed by atoms with Crippen molar-refractivity contribution in [2.75, 3.05) is 13.7 Å². The topological polar surface area (TPSA) is 35.5 Å². The van der Waals surface area contributed by atoms with Gasteiger partial charge in [0.1, 0.15) is 5.75 Å². The van der Waals surface area contributed by atoms with Gasteiger partial charge in [-0.05, 0) is 42.9 Å². The quantitative estimate of drug-likeness (QED) is 0.768. The Bertz CT molecular complexity index is 416. The van der Waals surface area contributed by atoms with E-state index >= 15 is 0 Å². The van der Waals surface area contributed by atoms with Gasteiger partial charge in [-0.1, -0.05) is 19.1 Å². The highest BCUT2D eigenvalue weighted by atomic mass is 16.5. The summed E-state index contributed by atoms with van der Waals surface area (Å²) in [7, 11) is 1.66. The zero-order valence-electron chi connectivity index (χ0n) is 11.2. The molecular formula is C15H20O3. The van der Waals surface area contributed by atoms with Crippen LogP contribution in [0.15, 0.2) is 24.3 Å². The Labute approximate surface area is 108 Å². The number of hydrogen-bond acceptors (Lipinski definition) is 3. The lowest BCUT2D eigenvalue weighted by Gasteiger charge is -2.44. The van der Waals surface area contributed by atoms with Crippen molar-refractivity contribution in [3.63, 3.8) is 0 Å². The lowest BCUT2D eigenvalue weighted by atomic mass is 9.60. The normalized spacial score (nSPS) is 26.3. The number of esters is 1.